The minimum Gasteiger partial charge on any atom is -0.480 e. The molecule has 0 radical (unpaired) electrons. The molecule has 0 saturated heterocycles. The Morgan fingerprint density at radius 1 is 0.973 bits per heavy atom. The summed E-state index contributed by atoms with van der Waals surface area (Å²) in [5, 5.41) is 18.7. The zero-order chi connectivity index (χ0) is 27.5. The van der Waals surface area contributed by atoms with Gasteiger partial charge >= 0.3 is 5.97 Å². The molecule has 1 aromatic heterocycles. The first-order valence-corrected chi connectivity index (χ1v) is 12.7. The van der Waals surface area contributed by atoms with Gasteiger partial charge in [0.2, 0.25) is 17.7 Å². The van der Waals surface area contributed by atoms with Crippen molar-refractivity contribution in [1.29, 1.82) is 0 Å². The molecule has 11 heteroatoms. The molecule has 5 atom stereocenters. The van der Waals surface area contributed by atoms with Crippen LogP contribution in [0.15, 0.2) is 30.5 Å². The van der Waals surface area contributed by atoms with E-state index >= 15 is 0 Å². The Hall–Kier alpha value is -3.44. The quantitative estimate of drug-likeness (QED) is 0.170. The smallest absolute Gasteiger partial charge is 0.326 e. The van der Waals surface area contributed by atoms with Gasteiger partial charge in [0.15, 0.2) is 0 Å². The van der Waals surface area contributed by atoms with Crippen molar-refractivity contribution < 1.29 is 24.3 Å². The number of hydrogen-bond acceptors (Lipinski definition) is 6. The molecule has 0 fully saturated rings. The van der Waals surface area contributed by atoms with Crippen molar-refractivity contribution in [1.82, 2.24) is 20.9 Å². The number of aliphatic carboxylic acids is 1. The van der Waals surface area contributed by atoms with Gasteiger partial charge in [0.25, 0.3) is 0 Å². The summed E-state index contributed by atoms with van der Waals surface area (Å²) in [5.74, 6) is -3.09. The molecule has 2 aromatic rings. The molecule has 0 saturated carbocycles. The lowest BCUT2D eigenvalue weighted by Gasteiger charge is -2.28. The van der Waals surface area contributed by atoms with Gasteiger partial charge < -0.3 is 37.5 Å². The van der Waals surface area contributed by atoms with Crippen LogP contribution in [0.1, 0.15) is 52.0 Å². The molecule has 0 aliphatic rings. The number of aromatic nitrogens is 1. The van der Waals surface area contributed by atoms with E-state index in [1.807, 2.05) is 31.2 Å². The number of rotatable bonds is 15. The van der Waals surface area contributed by atoms with Crippen LogP contribution >= 0.6 is 0 Å². The van der Waals surface area contributed by atoms with Crippen LogP contribution in [0.4, 0.5) is 0 Å². The topological polar surface area (TPSA) is 192 Å². The van der Waals surface area contributed by atoms with Crippen molar-refractivity contribution in [3.05, 3.63) is 36.0 Å². The lowest BCUT2D eigenvalue weighted by atomic mass is 9.96. The fourth-order valence-electron chi connectivity index (χ4n) is 4.00. The second-order valence-corrected chi connectivity index (χ2v) is 9.47. The zero-order valence-corrected chi connectivity index (χ0v) is 21.8. The third kappa shape index (κ3) is 8.57. The third-order valence-corrected chi connectivity index (χ3v) is 6.50. The van der Waals surface area contributed by atoms with Crippen LogP contribution in [0.2, 0.25) is 0 Å². The van der Waals surface area contributed by atoms with E-state index in [-0.39, 0.29) is 12.3 Å². The van der Waals surface area contributed by atoms with Gasteiger partial charge in [-0.3, -0.25) is 14.4 Å². The summed E-state index contributed by atoms with van der Waals surface area (Å²) in [6.45, 7) is 5.62. The second kappa shape index (κ2) is 14.3. The van der Waals surface area contributed by atoms with E-state index in [0.717, 1.165) is 16.5 Å². The minimum absolute atomic E-state index is 0.0679. The van der Waals surface area contributed by atoms with Gasteiger partial charge in [0.1, 0.15) is 18.1 Å². The summed E-state index contributed by atoms with van der Waals surface area (Å²) in [4.78, 5) is 53.8. The number of benzene rings is 1. The average Bonchev–Trinajstić information content (AvgIpc) is 3.28. The van der Waals surface area contributed by atoms with Gasteiger partial charge in [0.05, 0.1) is 6.04 Å². The fourth-order valence-corrected chi connectivity index (χ4v) is 4.00. The number of unbranched alkanes of at least 4 members (excludes halogenated alkanes) is 1. The van der Waals surface area contributed by atoms with Gasteiger partial charge in [0, 0.05) is 23.5 Å². The van der Waals surface area contributed by atoms with Gasteiger partial charge in [-0.2, -0.15) is 0 Å². The Bertz CT molecular complexity index is 1070. The highest BCUT2D eigenvalue weighted by atomic mass is 16.4. The zero-order valence-electron chi connectivity index (χ0n) is 21.8. The van der Waals surface area contributed by atoms with Crippen molar-refractivity contribution >= 4 is 34.6 Å². The van der Waals surface area contributed by atoms with Crippen LogP contribution in [0, 0.1) is 5.92 Å². The third-order valence-electron chi connectivity index (χ3n) is 6.50. The van der Waals surface area contributed by atoms with Crippen LogP contribution in [-0.2, 0) is 25.6 Å². The number of H-pyrrole nitrogens is 1. The maximum atomic E-state index is 13.3. The molecule has 3 amide bonds. The van der Waals surface area contributed by atoms with Crippen LogP contribution in [0.5, 0.6) is 0 Å². The molecule has 1 heterocycles. The maximum absolute atomic E-state index is 13.3. The Balaban J connectivity index is 2.18. The number of hydrogen-bond donors (Lipinski definition) is 7. The van der Waals surface area contributed by atoms with Gasteiger partial charge in [-0.15, -0.1) is 0 Å². The molecule has 37 heavy (non-hydrogen) atoms. The molecule has 11 nitrogen and oxygen atoms in total. The summed E-state index contributed by atoms with van der Waals surface area (Å²) in [7, 11) is 0. The summed E-state index contributed by atoms with van der Waals surface area (Å²) in [5.41, 5.74) is 12.8. The summed E-state index contributed by atoms with van der Waals surface area (Å²) in [6.07, 6.45) is 3.95. The molecule has 5 unspecified atom stereocenters. The highest BCUT2D eigenvalue weighted by Crippen LogP contribution is 2.19. The Morgan fingerprint density at radius 2 is 1.65 bits per heavy atom. The monoisotopic (exact) mass is 516 g/mol. The minimum atomic E-state index is -1.20. The summed E-state index contributed by atoms with van der Waals surface area (Å²) in [6, 6.07) is 3.60. The number of para-hydroxylation sites is 1. The van der Waals surface area contributed by atoms with Crippen molar-refractivity contribution in [2.75, 3.05) is 6.54 Å². The molecule has 0 bridgehead atoms. The Morgan fingerprint density at radius 3 is 2.27 bits per heavy atom. The molecule has 0 aliphatic heterocycles. The Kier molecular flexibility index (Phi) is 11.5. The SMILES string of the molecule is CCC(C)C(NC(=O)C(CCCCN)NC(=O)C(C)N)C(=O)NC(Cc1c[nH]c2ccccc12)C(=O)O. The van der Waals surface area contributed by atoms with E-state index in [9.17, 15) is 24.3 Å². The van der Waals surface area contributed by atoms with Crippen molar-refractivity contribution in [2.24, 2.45) is 17.4 Å². The van der Waals surface area contributed by atoms with Crippen molar-refractivity contribution in [3.8, 4) is 0 Å². The highest BCUT2D eigenvalue weighted by molar-refractivity contribution is 5.94. The largest absolute Gasteiger partial charge is 0.480 e. The van der Waals surface area contributed by atoms with E-state index in [1.165, 1.54) is 6.92 Å². The van der Waals surface area contributed by atoms with Crippen LogP contribution in [0.3, 0.4) is 0 Å². The number of carbonyl (C=O) groups excluding carboxylic acids is 3. The Labute approximate surface area is 217 Å². The number of aromatic amines is 1. The molecule has 0 aliphatic carbocycles. The van der Waals surface area contributed by atoms with E-state index in [2.05, 4.69) is 20.9 Å². The molecular formula is C26H40N6O5. The van der Waals surface area contributed by atoms with Crippen LogP contribution in [-0.4, -0.2) is 64.5 Å². The van der Waals surface area contributed by atoms with Crippen LogP contribution in [0.25, 0.3) is 10.9 Å². The summed E-state index contributed by atoms with van der Waals surface area (Å²) < 4.78 is 0. The van der Waals surface area contributed by atoms with Gasteiger partial charge in [-0.25, -0.2) is 4.79 Å². The standard InChI is InChI=1S/C26H40N6O5/c1-4-15(2)22(32-24(34)20(11-7-8-12-27)30-23(33)16(3)28)25(35)31-21(26(36)37)13-17-14-29-19-10-6-5-9-18(17)19/h5-6,9-10,14-16,20-22,29H,4,7-8,11-13,27-28H2,1-3H3,(H,30,33)(H,31,35)(H,32,34)(H,36,37). The van der Waals surface area contributed by atoms with Gasteiger partial charge in [-0.05, 0) is 50.3 Å². The van der Waals surface area contributed by atoms with E-state index in [4.69, 9.17) is 11.5 Å². The van der Waals surface area contributed by atoms with E-state index < -0.39 is 47.9 Å². The number of fused-ring (bicyclic) bond motifs is 1. The molecule has 204 valence electrons. The number of nitrogens with one attached hydrogen (secondary N) is 4. The first-order chi connectivity index (χ1) is 17.6. The predicted octanol–water partition coefficient (Wildman–Crippen LogP) is 0.772. The first kappa shape index (κ1) is 29.8. The molecule has 2 rings (SSSR count). The number of carboxylic acids is 1. The first-order valence-electron chi connectivity index (χ1n) is 12.7. The predicted molar refractivity (Wildman–Crippen MR) is 141 cm³/mol. The van der Waals surface area contributed by atoms with Crippen molar-refractivity contribution in [2.45, 2.75) is 77.0 Å². The van der Waals surface area contributed by atoms with E-state index in [1.54, 1.807) is 13.1 Å². The number of amides is 3. The maximum Gasteiger partial charge on any atom is 0.326 e. The van der Waals surface area contributed by atoms with Gasteiger partial charge in [-0.1, -0.05) is 38.5 Å². The average molecular weight is 517 g/mol. The number of carboxylic acid groups (broad SMARTS) is 1. The fraction of sp³-hybridized carbons (Fsp3) is 0.538. The van der Waals surface area contributed by atoms with E-state index in [0.29, 0.717) is 32.2 Å². The molecule has 9 N–H and O–H groups in total. The van der Waals surface area contributed by atoms with Crippen molar-refractivity contribution in [3.63, 3.8) is 0 Å². The number of carbonyl (C=O) groups is 4. The number of nitrogens with two attached hydrogens (primary N) is 2. The summed E-state index contributed by atoms with van der Waals surface area (Å²) >= 11 is 0. The molecule has 0 spiro atoms. The lowest BCUT2D eigenvalue weighted by molar-refractivity contribution is -0.142. The molecule has 1 aromatic carbocycles. The lowest BCUT2D eigenvalue weighted by Crippen LogP contribution is -2.58. The molecular weight excluding hydrogens is 476 g/mol. The highest BCUT2D eigenvalue weighted by Gasteiger charge is 2.32. The second-order valence-electron chi connectivity index (χ2n) is 9.47. The van der Waals surface area contributed by atoms with Crippen LogP contribution < -0.4 is 27.4 Å². The normalized spacial score (nSPS) is 15.3.